The van der Waals surface area contributed by atoms with E-state index in [2.05, 4.69) is 0 Å². The maximum Gasteiger partial charge on any atom is 0.00703 e. The fraction of sp³-hybridized carbons (Fsp3) is 1.00. The molecule has 0 heterocycles. The molecule has 2 heteroatoms. The van der Waals surface area contributed by atoms with Gasteiger partial charge in [0.05, 0.1) is 0 Å². The summed E-state index contributed by atoms with van der Waals surface area (Å²) < 4.78 is 0. The van der Waals surface area contributed by atoms with E-state index in [1.165, 1.54) is 32.1 Å². The Bertz CT molecular complexity index is 146. The Morgan fingerprint density at radius 3 is 2.09 bits per heavy atom. The third-order valence-electron chi connectivity index (χ3n) is 3.56. The zero-order valence-electron chi connectivity index (χ0n) is 7.00. The zero-order chi connectivity index (χ0) is 7.84. The van der Waals surface area contributed by atoms with Gasteiger partial charge in [-0.25, -0.2) is 0 Å². The van der Waals surface area contributed by atoms with Gasteiger partial charge < -0.3 is 11.5 Å². The Morgan fingerprint density at radius 2 is 1.36 bits per heavy atom. The number of fused-ring (bicyclic) bond motifs is 4. The summed E-state index contributed by atoms with van der Waals surface area (Å²) in [6.07, 6.45) is 6.34. The van der Waals surface area contributed by atoms with E-state index in [0.717, 1.165) is 11.8 Å². The van der Waals surface area contributed by atoms with Crippen LogP contribution < -0.4 is 11.5 Å². The molecule has 0 aliphatic heterocycles. The SMILES string of the molecule is NC1CC2CCC1CCC2N. The molecule has 4 unspecified atom stereocenters. The molecule has 0 saturated heterocycles. The molecule has 3 aliphatic rings. The Balaban J connectivity index is 2.11. The van der Waals surface area contributed by atoms with E-state index in [1.54, 1.807) is 0 Å². The third kappa shape index (κ3) is 1.30. The molecule has 0 amide bonds. The van der Waals surface area contributed by atoms with E-state index < -0.39 is 0 Å². The van der Waals surface area contributed by atoms with Gasteiger partial charge in [0, 0.05) is 12.1 Å². The van der Waals surface area contributed by atoms with Crippen LogP contribution in [0.4, 0.5) is 0 Å². The van der Waals surface area contributed by atoms with Crippen molar-refractivity contribution >= 4 is 0 Å². The van der Waals surface area contributed by atoms with E-state index in [4.69, 9.17) is 11.5 Å². The number of nitrogens with two attached hydrogens (primary N) is 2. The summed E-state index contributed by atoms with van der Waals surface area (Å²) in [4.78, 5) is 0. The molecular weight excluding hydrogens is 136 g/mol. The Kier molecular flexibility index (Phi) is 1.90. The first kappa shape index (κ1) is 7.56. The van der Waals surface area contributed by atoms with E-state index in [0.29, 0.717) is 12.1 Å². The normalized spacial score (nSPS) is 50.7. The lowest BCUT2D eigenvalue weighted by molar-refractivity contribution is 0.255. The van der Waals surface area contributed by atoms with Gasteiger partial charge in [0.1, 0.15) is 0 Å². The molecule has 64 valence electrons. The van der Waals surface area contributed by atoms with Crippen molar-refractivity contribution in [2.24, 2.45) is 23.3 Å². The second-order valence-electron chi connectivity index (χ2n) is 4.24. The highest BCUT2D eigenvalue weighted by Gasteiger charge is 2.34. The summed E-state index contributed by atoms with van der Waals surface area (Å²) in [5, 5.41) is 0. The number of hydrogen-bond acceptors (Lipinski definition) is 2. The van der Waals surface area contributed by atoms with Crippen molar-refractivity contribution < 1.29 is 0 Å². The van der Waals surface area contributed by atoms with Crippen LogP contribution in [0.1, 0.15) is 32.1 Å². The summed E-state index contributed by atoms with van der Waals surface area (Å²) in [7, 11) is 0. The topological polar surface area (TPSA) is 52.0 Å². The average molecular weight is 154 g/mol. The smallest absolute Gasteiger partial charge is 0.00703 e. The van der Waals surface area contributed by atoms with Crippen LogP contribution in [0.3, 0.4) is 0 Å². The molecule has 3 rings (SSSR count). The lowest BCUT2D eigenvalue weighted by Gasteiger charge is -2.30. The molecule has 3 saturated carbocycles. The Morgan fingerprint density at radius 1 is 0.727 bits per heavy atom. The molecule has 0 aromatic heterocycles. The minimum Gasteiger partial charge on any atom is -0.327 e. The van der Waals surface area contributed by atoms with Gasteiger partial charge in [-0.2, -0.15) is 0 Å². The Labute approximate surface area is 68.3 Å². The molecule has 3 fully saturated rings. The second kappa shape index (κ2) is 2.76. The predicted molar refractivity (Wildman–Crippen MR) is 46.0 cm³/mol. The molecular formula is C9H18N2. The molecule has 11 heavy (non-hydrogen) atoms. The van der Waals surface area contributed by atoms with Crippen LogP contribution in [0, 0.1) is 11.8 Å². The lowest BCUT2D eigenvalue weighted by Crippen LogP contribution is -2.38. The monoisotopic (exact) mass is 154 g/mol. The highest BCUT2D eigenvalue weighted by atomic mass is 14.7. The summed E-state index contributed by atoms with van der Waals surface area (Å²) in [6, 6.07) is 0.913. The zero-order valence-corrected chi connectivity index (χ0v) is 7.00. The third-order valence-corrected chi connectivity index (χ3v) is 3.56. The van der Waals surface area contributed by atoms with E-state index >= 15 is 0 Å². The van der Waals surface area contributed by atoms with Gasteiger partial charge in [0.15, 0.2) is 0 Å². The molecule has 4 N–H and O–H groups in total. The summed E-state index contributed by atoms with van der Waals surface area (Å²) in [6.45, 7) is 0. The first-order valence-corrected chi connectivity index (χ1v) is 4.78. The quantitative estimate of drug-likeness (QED) is 0.543. The maximum absolute atomic E-state index is 6.03. The van der Waals surface area contributed by atoms with E-state index in [9.17, 15) is 0 Å². The van der Waals surface area contributed by atoms with Crippen LogP contribution in [-0.2, 0) is 0 Å². The highest BCUT2D eigenvalue weighted by molar-refractivity contribution is 4.91. The van der Waals surface area contributed by atoms with Gasteiger partial charge in [-0.15, -0.1) is 0 Å². The molecule has 2 bridgehead atoms. The molecule has 0 aromatic carbocycles. The number of hydrogen-bond donors (Lipinski definition) is 2. The summed E-state index contributed by atoms with van der Waals surface area (Å²) in [5.41, 5.74) is 12.0. The van der Waals surface area contributed by atoms with Crippen molar-refractivity contribution in [3.8, 4) is 0 Å². The number of rotatable bonds is 0. The fourth-order valence-corrected chi connectivity index (χ4v) is 2.69. The van der Waals surface area contributed by atoms with Crippen molar-refractivity contribution in [2.75, 3.05) is 0 Å². The first-order chi connectivity index (χ1) is 5.27. The van der Waals surface area contributed by atoms with Crippen LogP contribution in [0.2, 0.25) is 0 Å². The molecule has 4 atom stereocenters. The molecule has 0 aromatic rings. The van der Waals surface area contributed by atoms with E-state index in [1.807, 2.05) is 0 Å². The molecule has 3 aliphatic carbocycles. The van der Waals surface area contributed by atoms with Gasteiger partial charge in [0.2, 0.25) is 0 Å². The first-order valence-electron chi connectivity index (χ1n) is 4.78. The summed E-state index contributed by atoms with van der Waals surface area (Å²) >= 11 is 0. The maximum atomic E-state index is 6.03. The average Bonchev–Trinajstić information content (AvgIpc) is 2.22. The lowest BCUT2D eigenvalue weighted by atomic mass is 9.80. The van der Waals surface area contributed by atoms with Crippen molar-refractivity contribution in [1.29, 1.82) is 0 Å². The fourth-order valence-electron chi connectivity index (χ4n) is 2.69. The van der Waals surface area contributed by atoms with Crippen molar-refractivity contribution in [3.05, 3.63) is 0 Å². The van der Waals surface area contributed by atoms with Crippen LogP contribution in [-0.4, -0.2) is 12.1 Å². The van der Waals surface area contributed by atoms with Crippen LogP contribution in [0.25, 0.3) is 0 Å². The van der Waals surface area contributed by atoms with Crippen LogP contribution in [0.5, 0.6) is 0 Å². The minimum absolute atomic E-state index is 0.452. The van der Waals surface area contributed by atoms with Crippen LogP contribution >= 0.6 is 0 Å². The van der Waals surface area contributed by atoms with E-state index in [-0.39, 0.29) is 0 Å². The van der Waals surface area contributed by atoms with Gasteiger partial charge in [0.25, 0.3) is 0 Å². The summed E-state index contributed by atoms with van der Waals surface area (Å²) in [5.74, 6) is 1.53. The van der Waals surface area contributed by atoms with Crippen molar-refractivity contribution in [1.82, 2.24) is 0 Å². The standard InChI is InChI=1S/C9H18N2/c10-8-4-3-6-1-2-7(8)5-9(6)11/h6-9H,1-5,10-11H2. The Hall–Kier alpha value is -0.0800. The van der Waals surface area contributed by atoms with Gasteiger partial charge in [-0.05, 0) is 43.9 Å². The molecule has 2 nitrogen and oxygen atoms in total. The van der Waals surface area contributed by atoms with Gasteiger partial charge in [-0.3, -0.25) is 0 Å². The largest absolute Gasteiger partial charge is 0.327 e. The predicted octanol–water partition coefficient (Wildman–Crippen LogP) is 0.851. The minimum atomic E-state index is 0.452. The van der Waals surface area contributed by atoms with Crippen molar-refractivity contribution in [3.63, 3.8) is 0 Å². The van der Waals surface area contributed by atoms with Crippen molar-refractivity contribution in [2.45, 2.75) is 44.2 Å². The van der Waals surface area contributed by atoms with Gasteiger partial charge >= 0.3 is 0 Å². The molecule has 0 radical (unpaired) electrons. The van der Waals surface area contributed by atoms with Crippen LogP contribution in [0.15, 0.2) is 0 Å². The molecule has 0 spiro atoms. The van der Waals surface area contributed by atoms with Gasteiger partial charge in [-0.1, -0.05) is 0 Å². The second-order valence-corrected chi connectivity index (χ2v) is 4.24. The highest BCUT2D eigenvalue weighted by Crippen LogP contribution is 2.37.